The van der Waals surface area contributed by atoms with Crippen molar-refractivity contribution >= 4 is 27.3 Å². The summed E-state index contributed by atoms with van der Waals surface area (Å²) in [6.45, 7) is 3.69. The molecule has 0 spiro atoms. The molecule has 1 atom stereocenters. The zero-order valence-electron chi connectivity index (χ0n) is 9.98. The third kappa shape index (κ3) is 3.52. The molecule has 0 aliphatic heterocycles. The SMILES string of the molecule is CC[C@@H](C)NS(=O)(=O)c1csc(C(=O)NC)c1. The van der Waals surface area contributed by atoms with Crippen LogP contribution >= 0.6 is 11.3 Å². The second-order valence-corrected chi connectivity index (χ2v) is 6.28. The van der Waals surface area contributed by atoms with Crippen LogP contribution in [0.25, 0.3) is 0 Å². The van der Waals surface area contributed by atoms with Crippen molar-refractivity contribution < 1.29 is 13.2 Å². The molecule has 0 aliphatic rings. The van der Waals surface area contributed by atoms with Gasteiger partial charge in [0.15, 0.2) is 0 Å². The Kier molecular flexibility index (Phi) is 4.67. The maximum Gasteiger partial charge on any atom is 0.261 e. The van der Waals surface area contributed by atoms with Crippen molar-refractivity contribution in [2.75, 3.05) is 7.05 Å². The van der Waals surface area contributed by atoms with Gasteiger partial charge in [-0.1, -0.05) is 6.92 Å². The summed E-state index contributed by atoms with van der Waals surface area (Å²) < 4.78 is 26.3. The zero-order chi connectivity index (χ0) is 13.1. The van der Waals surface area contributed by atoms with E-state index >= 15 is 0 Å². The summed E-state index contributed by atoms with van der Waals surface area (Å²) in [7, 11) is -2.00. The van der Waals surface area contributed by atoms with Gasteiger partial charge in [0.1, 0.15) is 0 Å². The molecule has 0 aromatic carbocycles. The zero-order valence-corrected chi connectivity index (χ0v) is 11.6. The lowest BCUT2D eigenvalue weighted by atomic mass is 10.3. The number of amides is 1. The minimum Gasteiger partial charge on any atom is -0.354 e. The van der Waals surface area contributed by atoms with Gasteiger partial charge in [-0.2, -0.15) is 0 Å². The molecule has 1 aromatic rings. The van der Waals surface area contributed by atoms with Crippen LogP contribution in [0, 0.1) is 0 Å². The van der Waals surface area contributed by atoms with Gasteiger partial charge in [0.05, 0.1) is 9.77 Å². The molecule has 1 aromatic heterocycles. The summed E-state index contributed by atoms with van der Waals surface area (Å²) in [5, 5.41) is 3.92. The van der Waals surface area contributed by atoms with Crippen LogP contribution in [0.1, 0.15) is 29.9 Å². The molecule has 0 saturated heterocycles. The van der Waals surface area contributed by atoms with Crippen LogP contribution in [0.3, 0.4) is 0 Å². The predicted octanol–water partition coefficient (Wildman–Crippen LogP) is 1.18. The van der Waals surface area contributed by atoms with E-state index in [9.17, 15) is 13.2 Å². The van der Waals surface area contributed by atoms with Crippen molar-refractivity contribution in [2.24, 2.45) is 0 Å². The van der Waals surface area contributed by atoms with Gasteiger partial charge in [0.25, 0.3) is 5.91 Å². The number of carbonyl (C=O) groups excluding carboxylic acids is 1. The molecule has 1 rings (SSSR count). The van der Waals surface area contributed by atoms with E-state index in [-0.39, 0.29) is 16.8 Å². The van der Waals surface area contributed by atoms with Gasteiger partial charge in [-0.3, -0.25) is 4.79 Å². The number of carbonyl (C=O) groups is 1. The first-order valence-corrected chi connectivity index (χ1v) is 7.60. The summed E-state index contributed by atoms with van der Waals surface area (Å²) in [4.78, 5) is 11.8. The summed E-state index contributed by atoms with van der Waals surface area (Å²) in [5.41, 5.74) is 0. The summed E-state index contributed by atoms with van der Waals surface area (Å²) in [6, 6.07) is 1.26. The molecule has 5 nitrogen and oxygen atoms in total. The summed E-state index contributed by atoms with van der Waals surface area (Å²) >= 11 is 1.11. The van der Waals surface area contributed by atoms with Crippen LogP contribution in [0.15, 0.2) is 16.3 Å². The van der Waals surface area contributed by atoms with E-state index in [0.29, 0.717) is 11.3 Å². The van der Waals surface area contributed by atoms with Gasteiger partial charge >= 0.3 is 0 Å². The molecular formula is C10H16N2O3S2. The van der Waals surface area contributed by atoms with E-state index in [1.165, 1.54) is 18.5 Å². The number of thiophene rings is 1. The Balaban J connectivity index is 2.93. The number of hydrogen-bond acceptors (Lipinski definition) is 4. The van der Waals surface area contributed by atoms with Crippen molar-refractivity contribution in [3.05, 3.63) is 16.3 Å². The van der Waals surface area contributed by atoms with E-state index < -0.39 is 10.0 Å². The van der Waals surface area contributed by atoms with Crippen LogP contribution in [-0.2, 0) is 10.0 Å². The third-order valence-electron chi connectivity index (χ3n) is 2.31. The average Bonchev–Trinajstić information content (AvgIpc) is 2.77. The van der Waals surface area contributed by atoms with Gasteiger partial charge in [0.2, 0.25) is 10.0 Å². The first-order valence-electron chi connectivity index (χ1n) is 5.23. The molecule has 0 fully saturated rings. The largest absolute Gasteiger partial charge is 0.354 e. The molecule has 0 aliphatic carbocycles. The Hall–Kier alpha value is -0.920. The highest BCUT2D eigenvalue weighted by molar-refractivity contribution is 7.89. The Morgan fingerprint density at radius 2 is 2.18 bits per heavy atom. The molecular weight excluding hydrogens is 260 g/mol. The van der Waals surface area contributed by atoms with Crippen molar-refractivity contribution in [1.82, 2.24) is 10.0 Å². The fourth-order valence-electron chi connectivity index (χ4n) is 1.12. The average molecular weight is 276 g/mol. The molecule has 7 heteroatoms. The van der Waals surface area contributed by atoms with Crippen molar-refractivity contribution in [1.29, 1.82) is 0 Å². The van der Waals surface area contributed by atoms with Gasteiger partial charge < -0.3 is 5.32 Å². The van der Waals surface area contributed by atoms with Crippen LogP contribution < -0.4 is 10.0 Å². The Morgan fingerprint density at radius 1 is 1.53 bits per heavy atom. The minimum atomic E-state index is -3.51. The molecule has 96 valence electrons. The molecule has 2 N–H and O–H groups in total. The van der Waals surface area contributed by atoms with Crippen LogP contribution in [0.5, 0.6) is 0 Å². The molecule has 1 heterocycles. The van der Waals surface area contributed by atoms with Crippen molar-refractivity contribution in [2.45, 2.75) is 31.2 Å². The second-order valence-electron chi connectivity index (χ2n) is 3.66. The van der Waals surface area contributed by atoms with Crippen LogP contribution in [-0.4, -0.2) is 27.4 Å². The van der Waals surface area contributed by atoms with Gasteiger partial charge in [0, 0.05) is 18.5 Å². The summed E-state index contributed by atoms with van der Waals surface area (Å²) in [6.07, 6.45) is 0.714. The lowest BCUT2D eigenvalue weighted by molar-refractivity contribution is 0.0967. The molecule has 0 saturated carbocycles. The highest BCUT2D eigenvalue weighted by Gasteiger charge is 2.19. The van der Waals surface area contributed by atoms with E-state index in [2.05, 4.69) is 10.0 Å². The Bertz CT molecular complexity index is 493. The van der Waals surface area contributed by atoms with Gasteiger partial charge in [-0.25, -0.2) is 13.1 Å². The standard InChI is InChI=1S/C10H16N2O3S2/c1-4-7(2)12-17(14,15)8-5-9(16-6-8)10(13)11-3/h5-7,12H,4H2,1-3H3,(H,11,13)/t7-/m1/s1. The predicted molar refractivity (Wildman–Crippen MR) is 67.8 cm³/mol. The highest BCUT2D eigenvalue weighted by Crippen LogP contribution is 2.19. The number of nitrogens with one attached hydrogen (secondary N) is 2. The fraction of sp³-hybridized carbons (Fsp3) is 0.500. The van der Waals surface area contributed by atoms with E-state index in [1.54, 1.807) is 6.92 Å². The van der Waals surface area contributed by atoms with E-state index in [1.807, 2.05) is 6.92 Å². The number of hydrogen-bond donors (Lipinski definition) is 2. The van der Waals surface area contributed by atoms with E-state index in [0.717, 1.165) is 11.3 Å². The lowest BCUT2D eigenvalue weighted by Crippen LogP contribution is -2.31. The summed E-state index contributed by atoms with van der Waals surface area (Å²) in [5.74, 6) is -0.278. The first kappa shape index (κ1) is 14.1. The molecule has 17 heavy (non-hydrogen) atoms. The monoisotopic (exact) mass is 276 g/mol. The van der Waals surface area contributed by atoms with E-state index in [4.69, 9.17) is 0 Å². The normalized spacial score (nSPS) is 13.4. The third-order valence-corrected chi connectivity index (χ3v) is 4.95. The Labute approximate surface area is 105 Å². The van der Waals surface area contributed by atoms with Crippen molar-refractivity contribution in [3.8, 4) is 0 Å². The Morgan fingerprint density at radius 3 is 2.71 bits per heavy atom. The minimum absolute atomic E-state index is 0.122. The van der Waals surface area contributed by atoms with Gasteiger partial charge in [-0.05, 0) is 19.4 Å². The second kappa shape index (κ2) is 5.61. The maximum atomic E-state index is 11.9. The van der Waals surface area contributed by atoms with Gasteiger partial charge in [-0.15, -0.1) is 11.3 Å². The van der Waals surface area contributed by atoms with Crippen LogP contribution in [0.2, 0.25) is 0 Å². The maximum absolute atomic E-state index is 11.9. The first-order chi connectivity index (χ1) is 7.90. The lowest BCUT2D eigenvalue weighted by Gasteiger charge is -2.10. The van der Waals surface area contributed by atoms with Crippen molar-refractivity contribution in [3.63, 3.8) is 0 Å². The fourth-order valence-corrected chi connectivity index (χ4v) is 3.66. The topological polar surface area (TPSA) is 75.3 Å². The smallest absolute Gasteiger partial charge is 0.261 e. The van der Waals surface area contributed by atoms with Crippen LogP contribution in [0.4, 0.5) is 0 Å². The molecule has 1 amide bonds. The molecule has 0 unspecified atom stereocenters. The number of rotatable bonds is 5. The number of sulfonamides is 1. The molecule has 0 radical (unpaired) electrons. The highest BCUT2D eigenvalue weighted by atomic mass is 32.2. The molecule has 0 bridgehead atoms. The quantitative estimate of drug-likeness (QED) is 0.848.